The van der Waals surface area contributed by atoms with Gasteiger partial charge in [0.05, 0.1) is 13.2 Å². The van der Waals surface area contributed by atoms with Crippen LogP contribution in [0.3, 0.4) is 0 Å². The molecule has 0 saturated heterocycles. The summed E-state index contributed by atoms with van der Waals surface area (Å²) in [5.74, 6) is 0.717. The van der Waals surface area contributed by atoms with Crippen molar-refractivity contribution in [2.45, 2.75) is 12.0 Å². The lowest BCUT2D eigenvalue weighted by Gasteiger charge is -2.21. The Morgan fingerprint density at radius 2 is 2.00 bits per heavy atom. The monoisotopic (exact) mass is 263 g/mol. The zero-order valence-electron chi connectivity index (χ0n) is 10.2. The van der Waals surface area contributed by atoms with Crippen molar-refractivity contribution in [3.63, 3.8) is 0 Å². The highest BCUT2D eigenvalue weighted by Crippen LogP contribution is 2.33. The van der Waals surface area contributed by atoms with Gasteiger partial charge < -0.3 is 15.6 Å². The predicted molar refractivity (Wildman–Crippen MR) is 74.1 cm³/mol. The smallest absolute Gasteiger partial charge is 0.118 e. The maximum absolute atomic E-state index is 10.3. The van der Waals surface area contributed by atoms with Gasteiger partial charge >= 0.3 is 0 Å². The molecule has 0 amide bonds. The van der Waals surface area contributed by atoms with Gasteiger partial charge in [-0.3, -0.25) is 0 Å². The number of benzene rings is 1. The Morgan fingerprint density at radius 1 is 1.28 bits per heavy atom. The normalized spacial score (nSPS) is 14.2. The van der Waals surface area contributed by atoms with Gasteiger partial charge in [0, 0.05) is 17.3 Å². The average molecular weight is 263 g/mol. The minimum atomic E-state index is -0.552. The van der Waals surface area contributed by atoms with E-state index in [0.717, 1.165) is 16.2 Å². The molecular formula is C14H17NO2S. The Kier molecular flexibility index (Phi) is 4.36. The zero-order valence-corrected chi connectivity index (χ0v) is 11.1. The van der Waals surface area contributed by atoms with Crippen LogP contribution in [0.15, 0.2) is 41.8 Å². The SMILES string of the molecule is COc1ccc(C(CN)C(O)c2cccs2)cc1. The lowest BCUT2D eigenvalue weighted by molar-refractivity contribution is 0.151. The van der Waals surface area contributed by atoms with Gasteiger partial charge in [0.1, 0.15) is 5.75 Å². The van der Waals surface area contributed by atoms with E-state index in [9.17, 15) is 5.11 Å². The fourth-order valence-corrected chi connectivity index (χ4v) is 2.73. The number of hydrogen-bond donors (Lipinski definition) is 2. The third-order valence-corrected chi connectivity index (χ3v) is 3.96. The zero-order chi connectivity index (χ0) is 13.0. The van der Waals surface area contributed by atoms with Crippen LogP contribution in [0.4, 0.5) is 0 Å². The minimum absolute atomic E-state index is 0.0884. The quantitative estimate of drug-likeness (QED) is 0.871. The van der Waals surface area contributed by atoms with Crippen LogP contribution < -0.4 is 10.5 Å². The fourth-order valence-electron chi connectivity index (χ4n) is 1.96. The first kappa shape index (κ1) is 13.1. The van der Waals surface area contributed by atoms with Gasteiger partial charge in [-0.05, 0) is 29.1 Å². The number of ether oxygens (including phenoxy) is 1. The van der Waals surface area contributed by atoms with Crippen LogP contribution in [-0.2, 0) is 0 Å². The van der Waals surface area contributed by atoms with E-state index in [4.69, 9.17) is 10.5 Å². The molecule has 1 aromatic carbocycles. The topological polar surface area (TPSA) is 55.5 Å². The molecule has 0 radical (unpaired) electrons. The first-order valence-electron chi connectivity index (χ1n) is 5.81. The number of methoxy groups -OCH3 is 1. The Balaban J connectivity index is 2.21. The summed E-state index contributed by atoms with van der Waals surface area (Å²) in [5.41, 5.74) is 6.82. The molecule has 2 unspecified atom stereocenters. The molecule has 4 heteroatoms. The number of hydrogen-bond acceptors (Lipinski definition) is 4. The fraction of sp³-hybridized carbons (Fsp3) is 0.286. The Bertz CT molecular complexity index is 467. The molecule has 0 aliphatic rings. The van der Waals surface area contributed by atoms with Crippen LogP contribution in [0, 0.1) is 0 Å². The van der Waals surface area contributed by atoms with E-state index >= 15 is 0 Å². The minimum Gasteiger partial charge on any atom is -0.497 e. The van der Waals surface area contributed by atoms with E-state index in [1.165, 1.54) is 0 Å². The molecule has 0 aliphatic carbocycles. The molecule has 0 bridgehead atoms. The van der Waals surface area contributed by atoms with E-state index in [2.05, 4.69) is 0 Å². The Morgan fingerprint density at radius 3 is 2.50 bits per heavy atom. The molecule has 2 rings (SSSR count). The molecule has 18 heavy (non-hydrogen) atoms. The van der Waals surface area contributed by atoms with Gasteiger partial charge in [-0.1, -0.05) is 18.2 Å². The third-order valence-electron chi connectivity index (χ3n) is 3.01. The molecule has 1 heterocycles. The van der Waals surface area contributed by atoms with Crippen molar-refractivity contribution in [3.8, 4) is 5.75 Å². The number of rotatable bonds is 5. The van der Waals surface area contributed by atoms with Crippen molar-refractivity contribution in [2.75, 3.05) is 13.7 Å². The second-order valence-corrected chi connectivity index (χ2v) is 5.05. The maximum Gasteiger partial charge on any atom is 0.118 e. The number of thiophene rings is 1. The summed E-state index contributed by atoms with van der Waals surface area (Å²) in [4.78, 5) is 0.946. The Hall–Kier alpha value is -1.36. The van der Waals surface area contributed by atoms with Crippen LogP contribution in [0.5, 0.6) is 5.75 Å². The largest absolute Gasteiger partial charge is 0.497 e. The van der Waals surface area contributed by atoms with Crippen molar-refractivity contribution in [1.29, 1.82) is 0 Å². The van der Waals surface area contributed by atoms with Crippen LogP contribution in [-0.4, -0.2) is 18.8 Å². The lowest BCUT2D eigenvalue weighted by atomic mass is 9.92. The summed E-state index contributed by atoms with van der Waals surface area (Å²) in [7, 11) is 1.63. The van der Waals surface area contributed by atoms with E-state index in [0.29, 0.717) is 6.54 Å². The van der Waals surface area contributed by atoms with Gasteiger partial charge in [0.2, 0.25) is 0 Å². The maximum atomic E-state index is 10.3. The van der Waals surface area contributed by atoms with Gasteiger partial charge in [-0.15, -0.1) is 11.3 Å². The molecule has 0 fully saturated rings. The summed E-state index contributed by atoms with van der Waals surface area (Å²) in [6, 6.07) is 11.5. The van der Waals surface area contributed by atoms with Gasteiger partial charge in [-0.2, -0.15) is 0 Å². The summed E-state index contributed by atoms with van der Waals surface area (Å²) < 4.78 is 5.12. The van der Waals surface area contributed by atoms with Crippen LogP contribution in [0.1, 0.15) is 22.5 Å². The first-order valence-corrected chi connectivity index (χ1v) is 6.69. The molecule has 2 atom stereocenters. The van der Waals surface area contributed by atoms with Crippen molar-refractivity contribution >= 4 is 11.3 Å². The molecule has 0 spiro atoms. The van der Waals surface area contributed by atoms with E-state index in [1.807, 2.05) is 41.8 Å². The molecule has 96 valence electrons. The van der Waals surface area contributed by atoms with Crippen LogP contribution in [0.2, 0.25) is 0 Å². The summed E-state index contributed by atoms with van der Waals surface area (Å²) in [6.07, 6.45) is -0.552. The van der Waals surface area contributed by atoms with E-state index in [1.54, 1.807) is 18.4 Å². The molecule has 0 saturated carbocycles. The summed E-state index contributed by atoms with van der Waals surface area (Å²) >= 11 is 1.55. The van der Waals surface area contributed by atoms with Crippen molar-refractivity contribution < 1.29 is 9.84 Å². The van der Waals surface area contributed by atoms with Crippen LogP contribution in [0.25, 0.3) is 0 Å². The third kappa shape index (κ3) is 2.72. The highest BCUT2D eigenvalue weighted by atomic mass is 32.1. The summed E-state index contributed by atoms with van der Waals surface area (Å²) in [5, 5.41) is 12.3. The van der Waals surface area contributed by atoms with E-state index < -0.39 is 6.10 Å². The molecule has 2 aromatic rings. The van der Waals surface area contributed by atoms with Gasteiger partial charge in [-0.25, -0.2) is 0 Å². The highest BCUT2D eigenvalue weighted by molar-refractivity contribution is 7.10. The molecule has 3 nitrogen and oxygen atoms in total. The summed E-state index contributed by atoms with van der Waals surface area (Å²) in [6.45, 7) is 0.408. The molecule has 0 aliphatic heterocycles. The first-order chi connectivity index (χ1) is 8.76. The Labute approximate surface area is 111 Å². The molecule has 3 N–H and O–H groups in total. The second-order valence-electron chi connectivity index (χ2n) is 4.08. The standard InChI is InChI=1S/C14H17NO2S/c1-17-11-6-4-10(5-7-11)12(9-15)14(16)13-3-2-8-18-13/h2-8,12,14,16H,9,15H2,1H3. The second kappa shape index (κ2) is 6.00. The molecular weight excluding hydrogens is 246 g/mol. The van der Waals surface area contributed by atoms with Gasteiger partial charge in [0.15, 0.2) is 0 Å². The van der Waals surface area contributed by atoms with Crippen molar-refractivity contribution in [3.05, 3.63) is 52.2 Å². The van der Waals surface area contributed by atoms with Crippen molar-refractivity contribution in [1.82, 2.24) is 0 Å². The van der Waals surface area contributed by atoms with Crippen LogP contribution >= 0.6 is 11.3 Å². The van der Waals surface area contributed by atoms with E-state index in [-0.39, 0.29) is 5.92 Å². The average Bonchev–Trinajstić information content (AvgIpc) is 2.94. The number of nitrogens with two attached hydrogens (primary N) is 1. The van der Waals surface area contributed by atoms with Gasteiger partial charge in [0.25, 0.3) is 0 Å². The van der Waals surface area contributed by atoms with Crippen molar-refractivity contribution in [2.24, 2.45) is 5.73 Å². The lowest BCUT2D eigenvalue weighted by Crippen LogP contribution is -2.19. The highest BCUT2D eigenvalue weighted by Gasteiger charge is 2.22. The predicted octanol–water partition coefficient (Wildman–Crippen LogP) is 2.53. The number of aliphatic hydroxyl groups is 1. The molecule has 1 aromatic heterocycles. The number of aliphatic hydroxyl groups excluding tert-OH is 1.